The van der Waals surface area contributed by atoms with Gasteiger partial charge >= 0.3 is 0 Å². The van der Waals surface area contributed by atoms with Crippen molar-refractivity contribution in [2.75, 3.05) is 4.72 Å². The second-order valence-corrected chi connectivity index (χ2v) is 7.25. The SMILES string of the molecule is Cc1nn(C)c(Cl)c1S(=O)(=O)Nc1ccc2c(c1)CCC2. The number of hydrogen-bond donors (Lipinski definition) is 1. The molecule has 0 radical (unpaired) electrons. The van der Waals surface area contributed by atoms with Crippen LogP contribution in [0.4, 0.5) is 5.69 Å². The first-order chi connectivity index (χ1) is 9.88. The van der Waals surface area contributed by atoms with Gasteiger partial charge in [-0.3, -0.25) is 9.40 Å². The number of halogens is 1. The van der Waals surface area contributed by atoms with Crippen molar-refractivity contribution in [3.05, 3.63) is 40.2 Å². The van der Waals surface area contributed by atoms with E-state index in [9.17, 15) is 8.42 Å². The highest BCUT2D eigenvalue weighted by molar-refractivity contribution is 7.92. The monoisotopic (exact) mass is 325 g/mol. The first-order valence-corrected chi connectivity index (χ1v) is 8.58. The van der Waals surface area contributed by atoms with Crippen molar-refractivity contribution < 1.29 is 8.42 Å². The molecule has 0 aliphatic heterocycles. The molecule has 21 heavy (non-hydrogen) atoms. The minimum atomic E-state index is -3.74. The quantitative estimate of drug-likeness (QED) is 0.943. The second kappa shape index (κ2) is 5.03. The van der Waals surface area contributed by atoms with Crippen molar-refractivity contribution in [2.45, 2.75) is 31.1 Å². The third-order valence-corrected chi connectivity index (χ3v) is 5.80. The summed E-state index contributed by atoms with van der Waals surface area (Å²) < 4.78 is 29.0. The lowest BCUT2D eigenvalue weighted by Crippen LogP contribution is -2.14. The van der Waals surface area contributed by atoms with E-state index in [1.807, 2.05) is 12.1 Å². The predicted molar refractivity (Wildman–Crippen MR) is 82.2 cm³/mol. The normalized spacial score (nSPS) is 14.2. The van der Waals surface area contributed by atoms with Gasteiger partial charge in [0.2, 0.25) is 0 Å². The molecule has 0 unspecified atom stereocenters. The number of anilines is 1. The number of nitrogens with one attached hydrogen (secondary N) is 1. The van der Waals surface area contributed by atoms with E-state index in [1.54, 1.807) is 20.0 Å². The highest BCUT2D eigenvalue weighted by atomic mass is 35.5. The zero-order chi connectivity index (χ0) is 15.2. The first-order valence-electron chi connectivity index (χ1n) is 6.72. The van der Waals surface area contributed by atoms with Crippen molar-refractivity contribution in [2.24, 2.45) is 7.05 Å². The average Bonchev–Trinajstić information content (AvgIpc) is 2.94. The van der Waals surface area contributed by atoms with Gasteiger partial charge in [0.1, 0.15) is 10.0 Å². The fraction of sp³-hybridized carbons (Fsp3) is 0.357. The number of sulfonamides is 1. The summed E-state index contributed by atoms with van der Waals surface area (Å²) in [5.41, 5.74) is 3.46. The van der Waals surface area contributed by atoms with Gasteiger partial charge in [-0.2, -0.15) is 5.10 Å². The van der Waals surface area contributed by atoms with Crippen molar-refractivity contribution in [3.8, 4) is 0 Å². The van der Waals surface area contributed by atoms with E-state index in [0.29, 0.717) is 11.4 Å². The molecule has 1 aromatic heterocycles. The summed E-state index contributed by atoms with van der Waals surface area (Å²) in [4.78, 5) is 0.0344. The molecule has 0 spiro atoms. The number of hydrogen-bond acceptors (Lipinski definition) is 3. The molecule has 1 N–H and O–H groups in total. The van der Waals surface area contributed by atoms with Crippen LogP contribution in [0.1, 0.15) is 23.2 Å². The average molecular weight is 326 g/mol. The molecule has 0 fully saturated rings. The molecule has 1 aromatic carbocycles. The Morgan fingerprint density at radius 1 is 1.29 bits per heavy atom. The van der Waals surface area contributed by atoms with Gasteiger partial charge in [0.15, 0.2) is 0 Å². The maximum absolute atomic E-state index is 12.5. The Morgan fingerprint density at radius 2 is 2.00 bits per heavy atom. The van der Waals surface area contributed by atoms with E-state index in [0.717, 1.165) is 19.3 Å². The van der Waals surface area contributed by atoms with Crippen molar-refractivity contribution >= 4 is 27.3 Å². The van der Waals surface area contributed by atoms with Crippen LogP contribution in [-0.4, -0.2) is 18.2 Å². The van der Waals surface area contributed by atoms with Crippen LogP contribution in [0.3, 0.4) is 0 Å². The first kappa shape index (κ1) is 14.4. The minimum absolute atomic E-state index is 0.0344. The minimum Gasteiger partial charge on any atom is -0.279 e. The van der Waals surface area contributed by atoms with E-state index in [4.69, 9.17) is 11.6 Å². The number of fused-ring (bicyclic) bond motifs is 1. The van der Waals surface area contributed by atoms with Crippen LogP contribution in [0, 0.1) is 6.92 Å². The zero-order valence-electron chi connectivity index (χ0n) is 11.9. The van der Waals surface area contributed by atoms with Gasteiger partial charge in [-0.15, -0.1) is 0 Å². The number of benzene rings is 1. The van der Waals surface area contributed by atoms with Crippen LogP contribution in [0.5, 0.6) is 0 Å². The Labute approximate surface area is 129 Å². The standard InChI is InChI=1S/C14H16ClN3O2S/c1-9-13(14(15)18(2)16-9)21(19,20)17-12-7-6-10-4-3-5-11(10)8-12/h6-8,17H,3-5H2,1-2H3. The summed E-state index contributed by atoms with van der Waals surface area (Å²) in [5.74, 6) is 0. The lowest BCUT2D eigenvalue weighted by molar-refractivity contribution is 0.600. The molecule has 5 nitrogen and oxygen atoms in total. The van der Waals surface area contributed by atoms with Crippen molar-refractivity contribution in [1.82, 2.24) is 9.78 Å². The Hall–Kier alpha value is -1.53. The fourth-order valence-corrected chi connectivity index (χ4v) is 4.56. The molecule has 0 saturated heterocycles. The van der Waals surface area contributed by atoms with Crippen LogP contribution in [-0.2, 0) is 29.9 Å². The molecule has 112 valence electrons. The molecule has 3 rings (SSSR count). The van der Waals surface area contributed by atoms with Gasteiger partial charge in [0.05, 0.1) is 5.69 Å². The Kier molecular flexibility index (Phi) is 3.45. The van der Waals surface area contributed by atoms with Gasteiger partial charge in [0.25, 0.3) is 10.0 Å². The van der Waals surface area contributed by atoms with Crippen molar-refractivity contribution in [3.63, 3.8) is 0 Å². The summed E-state index contributed by atoms with van der Waals surface area (Å²) in [6, 6.07) is 5.68. The highest BCUT2D eigenvalue weighted by Crippen LogP contribution is 2.29. The van der Waals surface area contributed by atoms with E-state index in [1.165, 1.54) is 15.8 Å². The Morgan fingerprint density at radius 3 is 2.67 bits per heavy atom. The third-order valence-electron chi connectivity index (χ3n) is 3.72. The molecular weight excluding hydrogens is 310 g/mol. The second-order valence-electron chi connectivity index (χ2n) is 5.27. The highest BCUT2D eigenvalue weighted by Gasteiger charge is 2.25. The van der Waals surface area contributed by atoms with Gasteiger partial charge in [-0.05, 0) is 49.4 Å². The summed E-state index contributed by atoms with van der Waals surface area (Å²) in [7, 11) is -2.12. The molecule has 7 heteroatoms. The lowest BCUT2D eigenvalue weighted by atomic mass is 10.1. The molecular formula is C14H16ClN3O2S. The summed E-state index contributed by atoms with van der Waals surface area (Å²) >= 11 is 6.04. The molecule has 0 bridgehead atoms. The summed E-state index contributed by atoms with van der Waals surface area (Å²) in [6.45, 7) is 1.63. The Bertz CT molecular complexity index is 812. The molecule has 1 heterocycles. The van der Waals surface area contributed by atoms with E-state index in [2.05, 4.69) is 9.82 Å². The van der Waals surface area contributed by atoms with Crippen LogP contribution < -0.4 is 4.72 Å². The van der Waals surface area contributed by atoms with Gasteiger partial charge < -0.3 is 0 Å². The molecule has 0 saturated carbocycles. The largest absolute Gasteiger partial charge is 0.279 e. The van der Waals surface area contributed by atoms with Gasteiger partial charge in [-0.25, -0.2) is 8.42 Å². The van der Waals surface area contributed by atoms with Crippen LogP contribution in [0.15, 0.2) is 23.1 Å². The molecule has 0 atom stereocenters. The summed E-state index contributed by atoms with van der Waals surface area (Å²) in [5, 5.41) is 4.15. The predicted octanol–water partition coefficient (Wildman–Crippen LogP) is 2.67. The molecule has 1 aliphatic rings. The van der Waals surface area contributed by atoms with Crippen molar-refractivity contribution in [1.29, 1.82) is 0 Å². The zero-order valence-corrected chi connectivity index (χ0v) is 13.4. The number of aromatic nitrogens is 2. The third kappa shape index (κ3) is 2.53. The van der Waals surface area contributed by atoms with E-state index < -0.39 is 10.0 Å². The smallest absolute Gasteiger partial charge is 0.266 e. The Balaban J connectivity index is 1.96. The molecule has 0 amide bonds. The number of nitrogens with zero attached hydrogens (tertiary/aromatic N) is 2. The van der Waals surface area contributed by atoms with E-state index >= 15 is 0 Å². The number of aryl methyl sites for hydroxylation is 4. The van der Waals surface area contributed by atoms with Crippen LogP contribution >= 0.6 is 11.6 Å². The van der Waals surface area contributed by atoms with Gasteiger partial charge in [0, 0.05) is 12.7 Å². The molecule has 2 aromatic rings. The van der Waals surface area contributed by atoms with Gasteiger partial charge in [-0.1, -0.05) is 17.7 Å². The van der Waals surface area contributed by atoms with E-state index in [-0.39, 0.29) is 10.0 Å². The summed E-state index contributed by atoms with van der Waals surface area (Å²) in [6.07, 6.45) is 3.19. The van der Waals surface area contributed by atoms with Crippen LogP contribution in [0.2, 0.25) is 5.15 Å². The maximum atomic E-state index is 12.5. The maximum Gasteiger partial charge on any atom is 0.266 e. The topological polar surface area (TPSA) is 64.0 Å². The number of rotatable bonds is 3. The fourth-order valence-electron chi connectivity index (χ4n) is 2.76. The lowest BCUT2D eigenvalue weighted by Gasteiger charge is -2.09. The molecule has 1 aliphatic carbocycles. The van der Waals surface area contributed by atoms with Crippen LogP contribution in [0.25, 0.3) is 0 Å².